The lowest BCUT2D eigenvalue weighted by Crippen LogP contribution is -2.48. The van der Waals surface area contributed by atoms with Gasteiger partial charge in [-0.1, -0.05) is 12.1 Å². The molecule has 0 spiro atoms. The molecule has 0 bridgehead atoms. The number of ether oxygens (including phenoxy) is 2. The van der Waals surface area contributed by atoms with Crippen LogP contribution in [0.15, 0.2) is 47.5 Å². The van der Waals surface area contributed by atoms with Crippen LogP contribution in [0.1, 0.15) is 42.0 Å². The van der Waals surface area contributed by atoms with Crippen LogP contribution < -0.4 is 31.4 Å². The summed E-state index contributed by atoms with van der Waals surface area (Å²) in [7, 11) is 1.47. The highest BCUT2D eigenvalue weighted by atomic mass is 19.4. The summed E-state index contributed by atoms with van der Waals surface area (Å²) in [5.41, 5.74) is 1.26. The zero-order chi connectivity index (χ0) is 35.9. The van der Waals surface area contributed by atoms with Crippen molar-refractivity contribution in [3.8, 4) is 5.75 Å². The van der Waals surface area contributed by atoms with Crippen LogP contribution in [-0.2, 0) is 33.2 Å². The van der Waals surface area contributed by atoms with Crippen LogP contribution in [0.2, 0.25) is 0 Å². The molecule has 0 aliphatic carbocycles. The van der Waals surface area contributed by atoms with E-state index in [0.717, 1.165) is 18.5 Å². The predicted octanol–water partition coefficient (Wildman–Crippen LogP) is 3.92. The number of carbonyl (C=O) groups is 2. The van der Waals surface area contributed by atoms with Crippen molar-refractivity contribution in [1.82, 2.24) is 25.6 Å². The number of hydrogen-bond donors (Lipinski definition) is 3. The van der Waals surface area contributed by atoms with Crippen molar-refractivity contribution in [2.45, 2.75) is 51.6 Å². The second-order valence-corrected chi connectivity index (χ2v) is 11.5. The van der Waals surface area contributed by atoms with Gasteiger partial charge in [-0.2, -0.15) is 31.4 Å². The predicted molar refractivity (Wildman–Crippen MR) is 165 cm³/mol. The van der Waals surface area contributed by atoms with E-state index in [-0.39, 0.29) is 13.2 Å². The summed E-state index contributed by atoms with van der Waals surface area (Å²) in [6, 6.07) is 6.66. The van der Waals surface area contributed by atoms with Crippen molar-refractivity contribution in [3.05, 3.63) is 75.3 Å². The van der Waals surface area contributed by atoms with Gasteiger partial charge in [0.15, 0.2) is 0 Å². The monoisotopic (exact) mass is 699 g/mol. The lowest BCUT2D eigenvalue weighted by molar-refractivity contribution is -0.139. The molecule has 12 nitrogen and oxygen atoms in total. The smallest absolute Gasteiger partial charge is 0.423 e. The van der Waals surface area contributed by atoms with Gasteiger partial charge in [0, 0.05) is 31.2 Å². The van der Waals surface area contributed by atoms with Gasteiger partial charge in [0.2, 0.25) is 5.91 Å². The van der Waals surface area contributed by atoms with Gasteiger partial charge in [-0.15, -0.1) is 0 Å². The van der Waals surface area contributed by atoms with E-state index in [9.17, 15) is 40.7 Å². The van der Waals surface area contributed by atoms with Gasteiger partial charge in [-0.05, 0) is 56.0 Å². The van der Waals surface area contributed by atoms with Gasteiger partial charge < -0.3 is 19.7 Å². The Morgan fingerprint density at radius 3 is 2.29 bits per heavy atom. The summed E-state index contributed by atoms with van der Waals surface area (Å²) < 4.78 is 91.7. The zero-order valence-corrected chi connectivity index (χ0v) is 26.7. The molecule has 4 rings (SSSR count). The highest BCUT2D eigenvalue weighted by Crippen LogP contribution is 2.33. The van der Waals surface area contributed by atoms with Crippen LogP contribution in [0.4, 0.5) is 37.8 Å². The minimum Gasteiger partial charge on any atom is -0.497 e. The number of amides is 2. The van der Waals surface area contributed by atoms with E-state index in [2.05, 4.69) is 26.3 Å². The van der Waals surface area contributed by atoms with Gasteiger partial charge in [0.25, 0.3) is 11.5 Å². The van der Waals surface area contributed by atoms with Crippen LogP contribution in [0.25, 0.3) is 0 Å². The number of nitrogens with zero attached hydrogens (tertiary/aromatic N) is 4. The summed E-state index contributed by atoms with van der Waals surface area (Å²) in [6.45, 7) is 2.78. The van der Waals surface area contributed by atoms with Crippen molar-refractivity contribution >= 4 is 23.3 Å². The quantitative estimate of drug-likeness (QED) is 0.201. The van der Waals surface area contributed by atoms with Gasteiger partial charge in [0.05, 0.1) is 37.7 Å². The lowest BCUT2D eigenvalue weighted by Gasteiger charge is -2.33. The fraction of sp³-hybridized carbons (Fsp3) is 0.452. The van der Waals surface area contributed by atoms with E-state index in [1.807, 2.05) is 0 Å². The number of hydrazine groups is 1. The summed E-state index contributed by atoms with van der Waals surface area (Å²) >= 11 is 0. The third-order valence-corrected chi connectivity index (χ3v) is 7.69. The number of aromatic nitrogens is 3. The van der Waals surface area contributed by atoms with E-state index in [1.165, 1.54) is 21.0 Å². The SMILES string of the molecule is COc1ccc(Cn2ncc(NC(C)COCC(=O)NNC(=O)C3CCN(c4ncc(C(F)(F)F)cc4C)CC3)c(C(F)(F)F)c2=O)cc1. The third kappa shape index (κ3) is 9.84. The number of carbonyl (C=O) groups excluding carboxylic acids is 2. The molecule has 18 heteroatoms. The highest BCUT2D eigenvalue weighted by molar-refractivity contribution is 5.84. The molecule has 0 saturated carbocycles. The van der Waals surface area contributed by atoms with E-state index in [1.54, 1.807) is 29.2 Å². The number of piperidine rings is 1. The molecule has 2 aromatic heterocycles. The number of anilines is 2. The molecule has 3 heterocycles. The van der Waals surface area contributed by atoms with Crippen LogP contribution in [0, 0.1) is 12.8 Å². The number of rotatable bonds is 11. The van der Waals surface area contributed by atoms with Crippen molar-refractivity contribution < 1.29 is 45.4 Å². The average molecular weight is 700 g/mol. The molecule has 3 aromatic rings. The average Bonchev–Trinajstić information content (AvgIpc) is 3.04. The van der Waals surface area contributed by atoms with Crippen molar-refractivity contribution in [3.63, 3.8) is 0 Å². The van der Waals surface area contributed by atoms with E-state index >= 15 is 0 Å². The maximum atomic E-state index is 13.9. The molecule has 3 N–H and O–H groups in total. The normalized spacial score (nSPS) is 14.7. The van der Waals surface area contributed by atoms with Crippen molar-refractivity contribution in [1.29, 1.82) is 0 Å². The summed E-state index contributed by atoms with van der Waals surface area (Å²) in [5.74, 6) is -0.711. The first-order valence-electron chi connectivity index (χ1n) is 15.1. The standard InChI is InChI=1S/C31H35F6N7O5/c1-18-12-22(30(32,33)34)13-38-27(18)43-10-8-21(9-11-43)28(46)42-41-25(45)17-49-16-19(2)40-24-14-39-44(29(47)26(24)31(35,36)37)15-20-4-6-23(48-3)7-5-20/h4-7,12-14,19,21,40H,8-11,15-17H2,1-3H3,(H,41,45)(H,42,46). The highest BCUT2D eigenvalue weighted by Gasteiger charge is 2.38. The Morgan fingerprint density at radius 1 is 1.02 bits per heavy atom. The molecule has 1 aliphatic heterocycles. The number of halogens is 6. The van der Waals surface area contributed by atoms with Crippen LogP contribution in [0.3, 0.4) is 0 Å². The van der Waals surface area contributed by atoms with Crippen molar-refractivity contribution in [2.75, 3.05) is 43.6 Å². The second-order valence-electron chi connectivity index (χ2n) is 11.5. The Bertz CT molecular complexity index is 1670. The van der Waals surface area contributed by atoms with E-state index in [4.69, 9.17) is 9.47 Å². The fourth-order valence-electron chi connectivity index (χ4n) is 5.20. The molecule has 1 aromatic carbocycles. The fourth-order valence-corrected chi connectivity index (χ4v) is 5.20. The maximum absolute atomic E-state index is 13.9. The van der Waals surface area contributed by atoms with Crippen LogP contribution in [0.5, 0.6) is 5.75 Å². The number of nitrogens with one attached hydrogen (secondary N) is 3. The number of alkyl halides is 6. The summed E-state index contributed by atoms with van der Waals surface area (Å²) in [6.07, 6.45) is -7.08. The first-order chi connectivity index (χ1) is 23.1. The molecule has 49 heavy (non-hydrogen) atoms. The van der Waals surface area contributed by atoms with Gasteiger partial charge >= 0.3 is 12.4 Å². The maximum Gasteiger partial charge on any atom is 0.423 e. The number of pyridine rings is 1. The van der Waals surface area contributed by atoms with Crippen LogP contribution >= 0.6 is 0 Å². The van der Waals surface area contributed by atoms with Gasteiger partial charge in [0.1, 0.15) is 23.7 Å². The first-order valence-corrected chi connectivity index (χ1v) is 15.1. The molecule has 1 saturated heterocycles. The number of hydrogen-bond acceptors (Lipinski definition) is 9. The lowest BCUT2D eigenvalue weighted by atomic mass is 9.96. The molecular weight excluding hydrogens is 664 g/mol. The molecule has 1 aliphatic rings. The zero-order valence-electron chi connectivity index (χ0n) is 26.7. The molecule has 0 radical (unpaired) electrons. The molecule has 2 amide bonds. The minimum absolute atomic E-state index is 0.199. The Kier molecular flexibility index (Phi) is 11.7. The van der Waals surface area contributed by atoms with Gasteiger partial charge in [-0.25, -0.2) is 9.67 Å². The Morgan fingerprint density at radius 2 is 1.69 bits per heavy atom. The Balaban J connectivity index is 1.22. The van der Waals surface area contributed by atoms with Gasteiger partial charge in [-0.3, -0.25) is 25.2 Å². The molecule has 1 atom stereocenters. The van der Waals surface area contributed by atoms with Crippen molar-refractivity contribution in [2.24, 2.45) is 5.92 Å². The van der Waals surface area contributed by atoms with E-state index < -0.39 is 65.1 Å². The molecule has 1 fully saturated rings. The topological polar surface area (TPSA) is 140 Å². The summed E-state index contributed by atoms with van der Waals surface area (Å²) in [5, 5.41) is 6.45. The Hall–Kier alpha value is -4.87. The minimum atomic E-state index is -4.99. The van der Waals surface area contributed by atoms with Crippen LogP contribution in [-0.4, -0.2) is 66.0 Å². The third-order valence-electron chi connectivity index (χ3n) is 7.69. The number of aryl methyl sites for hydroxylation is 1. The first kappa shape index (κ1) is 37.0. The molecular formula is C31H35F6N7O5. The Labute approximate surface area is 276 Å². The second kappa shape index (κ2) is 15.6. The number of benzene rings is 1. The largest absolute Gasteiger partial charge is 0.497 e. The summed E-state index contributed by atoms with van der Waals surface area (Å²) in [4.78, 5) is 43.3. The molecule has 266 valence electrons. The number of methoxy groups -OCH3 is 1. The van der Waals surface area contributed by atoms with E-state index in [0.29, 0.717) is 53.3 Å². The molecule has 1 unspecified atom stereocenters.